The SMILES string of the molecule is CC1(C)C(=O)[NH2+]c2ccccc21. The fourth-order valence-corrected chi connectivity index (χ4v) is 1.65. The molecule has 0 aliphatic carbocycles. The van der Waals surface area contributed by atoms with Gasteiger partial charge < -0.3 is 0 Å². The van der Waals surface area contributed by atoms with E-state index in [1.54, 1.807) is 5.32 Å². The highest BCUT2D eigenvalue weighted by Crippen LogP contribution is 2.30. The topological polar surface area (TPSA) is 33.7 Å². The number of primary amides is 1. The van der Waals surface area contributed by atoms with Crippen LogP contribution in [0.15, 0.2) is 24.3 Å². The summed E-state index contributed by atoms with van der Waals surface area (Å²) in [5.41, 5.74) is 1.92. The fraction of sp³-hybridized carbons (Fsp3) is 0.300. The van der Waals surface area contributed by atoms with Crippen LogP contribution in [-0.4, -0.2) is 5.91 Å². The van der Waals surface area contributed by atoms with Crippen molar-refractivity contribution in [2.45, 2.75) is 19.3 Å². The van der Waals surface area contributed by atoms with Crippen LogP contribution in [0.3, 0.4) is 0 Å². The largest absolute Gasteiger partial charge is 0.325 e. The van der Waals surface area contributed by atoms with E-state index >= 15 is 0 Å². The Balaban J connectivity index is 2.63. The van der Waals surface area contributed by atoms with Crippen molar-refractivity contribution >= 4 is 11.6 Å². The van der Waals surface area contributed by atoms with Crippen molar-refractivity contribution in [3.63, 3.8) is 0 Å². The van der Waals surface area contributed by atoms with Crippen molar-refractivity contribution in [3.8, 4) is 0 Å². The Bertz CT molecular complexity index is 341. The highest BCUT2D eigenvalue weighted by Gasteiger charge is 2.42. The minimum absolute atomic E-state index is 0.212. The molecule has 1 amide bonds. The van der Waals surface area contributed by atoms with Crippen LogP contribution in [0.4, 0.5) is 5.69 Å². The first-order chi connectivity index (χ1) is 5.62. The van der Waals surface area contributed by atoms with E-state index < -0.39 is 0 Å². The molecule has 12 heavy (non-hydrogen) atoms. The maximum absolute atomic E-state index is 11.5. The molecule has 0 radical (unpaired) electrons. The summed E-state index contributed by atoms with van der Waals surface area (Å²) in [7, 11) is 0. The molecule has 0 spiro atoms. The lowest BCUT2D eigenvalue weighted by Crippen LogP contribution is -2.82. The van der Waals surface area contributed by atoms with E-state index in [0.29, 0.717) is 0 Å². The van der Waals surface area contributed by atoms with Crippen molar-refractivity contribution in [2.75, 3.05) is 0 Å². The molecule has 0 saturated heterocycles. The lowest BCUT2D eigenvalue weighted by Gasteiger charge is -2.10. The summed E-state index contributed by atoms with van der Waals surface area (Å²) < 4.78 is 0. The lowest BCUT2D eigenvalue weighted by molar-refractivity contribution is -0.479. The molecule has 1 aromatic carbocycles. The number of hydrogen-bond donors (Lipinski definition) is 1. The number of benzene rings is 1. The van der Waals surface area contributed by atoms with Gasteiger partial charge in [0.1, 0.15) is 11.1 Å². The molecule has 0 unspecified atom stereocenters. The first-order valence-electron chi connectivity index (χ1n) is 4.11. The average Bonchev–Trinajstić information content (AvgIpc) is 2.25. The van der Waals surface area contributed by atoms with Gasteiger partial charge in [-0.3, -0.25) is 0 Å². The van der Waals surface area contributed by atoms with E-state index in [9.17, 15) is 4.79 Å². The van der Waals surface area contributed by atoms with Crippen LogP contribution < -0.4 is 5.32 Å². The molecule has 1 aliphatic rings. The van der Waals surface area contributed by atoms with Crippen LogP contribution in [-0.2, 0) is 10.2 Å². The smallest absolute Gasteiger partial charge is 0.250 e. The molecule has 1 aromatic rings. The molecule has 0 atom stereocenters. The average molecular weight is 162 g/mol. The van der Waals surface area contributed by atoms with E-state index in [4.69, 9.17) is 0 Å². The Hall–Kier alpha value is -1.15. The maximum Gasteiger partial charge on any atom is 0.325 e. The van der Waals surface area contributed by atoms with Gasteiger partial charge in [-0.2, -0.15) is 0 Å². The van der Waals surface area contributed by atoms with Gasteiger partial charge in [-0.1, -0.05) is 18.2 Å². The Morgan fingerprint density at radius 3 is 2.58 bits per heavy atom. The summed E-state index contributed by atoms with van der Waals surface area (Å²) in [6, 6.07) is 7.95. The standard InChI is InChI=1S/C10H11NO/c1-10(2)7-5-3-4-6-8(7)11-9(10)12/h3-6H,1-2H3,(H,11,12)/p+1. The van der Waals surface area contributed by atoms with Crippen molar-refractivity contribution < 1.29 is 10.1 Å². The van der Waals surface area contributed by atoms with Crippen LogP contribution >= 0.6 is 0 Å². The first-order valence-corrected chi connectivity index (χ1v) is 4.11. The summed E-state index contributed by atoms with van der Waals surface area (Å²) in [4.78, 5) is 11.5. The number of carbonyl (C=O) groups excluding carboxylic acids is 1. The van der Waals surface area contributed by atoms with Gasteiger partial charge in [0, 0.05) is 5.56 Å². The number of nitrogens with two attached hydrogens (primary N) is 1. The fourth-order valence-electron chi connectivity index (χ4n) is 1.65. The van der Waals surface area contributed by atoms with Crippen LogP contribution in [0.5, 0.6) is 0 Å². The summed E-state index contributed by atoms with van der Waals surface area (Å²) in [5.74, 6) is 0.212. The second-order valence-electron chi connectivity index (χ2n) is 3.72. The molecule has 62 valence electrons. The molecule has 0 saturated carbocycles. The van der Waals surface area contributed by atoms with E-state index in [-0.39, 0.29) is 11.3 Å². The summed E-state index contributed by atoms with van der Waals surface area (Å²) in [6.07, 6.45) is 0. The number of carbonyl (C=O) groups is 1. The Morgan fingerprint density at radius 2 is 1.92 bits per heavy atom. The molecule has 1 heterocycles. The molecule has 2 N–H and O–H groups in total. The van der Waals surface area contributed by atoms with Gasteiger partial charge in [-0.15, -0.1) is 0 Å². The zero-order valence-electron chi connectivity index (χ0n) is 7.29. The minimum atomic E-state index is -0.309. The lowest BCUT2D eigenvalue weighted by atomic mass is 9.86. The number of para-hydroxylation sites is 1. The third kappa shape index (κ3) is 0.816. The Kier molecular flexibility index (Phi) is 1.36. The zero-order chi connectivity index (χ0) is 8.77. The maximum atomic E-state index is 11.5. The number of hydrogen-bond acceptors (Lipinski definition) is 1. The molecular formula is C10H12NO+. The van der Waals surface area contributed by atoms with Crippen molar-refractivity contribution in [3.05, 3.63) is 29.8 Å². The second kappa shape index (κ2) is 2.17. The molecule has 0 fully saturated rings. The van der Waals surface area contributed by atoms with Crippen LogP contribution in [0.25, 0.3) is 0 Å². The molecule has 2 nitrogen and oxygen atoms in total. The van der Waals surface area contributed by atoms with E-state index in [0.717, 1.165) is 11.3 Å². The highest BCUT2D eigenvalue weighted by atomic mass is 16.2. The molecule has 2 rings (SSSR count). The third-order valence-electron chi connectivity index (χ3n) is 2.54. The van der Waals surface area contributed by atoms with Crippen molar-refractivity contribution in [1.82, 2.24) is 0 Å². The molecule has 0 aromatic heterocycles. The summed E-state index contributed by atoms with van der Waals surface area (Å²) >= 11 is 0. The monoisotopic (exact) mass is 162 g/mol. The minimum Gasteiger partial charge on any atom is -0.250 e. The summed E-state index contributed by atoms with van der Waals surface area (Å²) in [5, 5.41) is 1.73. The number of rotatable bonds is 0. The quantitative estimate of drug-likeness (QED) is 0.560. The Morgan fingerprint density at radius 1 is 1.25 bits per heavy atom. The van der Waals surface area contributed by atoms with Gasteiger partial charge in [0.2, 0.25) is 0 Å². The molecular weight excluding hydrogens is 150 g/mol. The zero-order valence-corrected chi connectivity index (χ0v) is 7.29. The molecule has 2 heteroatoms. The van der Waals surface area contributed by atoms with Gasteiger partial charge in [0.15, 0.2) is 0 Å². The van der Waals surface area contributed by atoms with Gasteiger partial charge in [-0.05, 0) is 19.9 Å². The predicted octanol–water partition coefficient (Wildman–Crippen LogP) is 0.699. The van der Waals surface area contributed by atoms with E-state index in [1.165, 1.54) is 0 Å². The third-order valence-corrected chi connectivity index (χ3v) is 2.54. The summed E-state index contributed by atoms with van der Waals surface area (Å²) in [6.45, 7) is 3.94. The van der Waals surface area contributed by atoms with Crippen LogP contribution in [0.2, 0.25) is 0 Å². The molecule has 1 aliphatic heterocycles. The Labute approximate surface area is 71.6 Å². The second-order valence-corrected chi connectivity index (χ2v) is 3.72. The normalized spacial score (nSPS) is 19.3. The number of fused-ring (bicyclic) bond motifs is 1. The van der Waals surface area contributed by atoms with Gasteiger partial charge in [-0.25, -0.2) is 10.1 Å². The van der Waals surface area contributed by atoms with Gasteiger partial charge in [0.05, 0.1) is 0 Å². The van der Waals surface area contributed by atoms with E-state index in [1.807, 2.05) is 38.1 Å². The van der Waals surface area contributed by atoms with Gasteiger partial charge >= 0.3 is 5.91 Å². The van der Waals surface area contributed by atoms with Crippen molar-refractivity contribution in [2.24, 2.45) is 0 Å². The first kappa shape index (κ1) is 7.50. The van der Waals surface area contributed by atoms with Gasteiger partial charge in [0.25, 0.3) is 0 Å². The predicted molar refractivity (Wildman–Crippen MR) is 46.1 cm³/mol. The van der Waals surface area contributed by atoms with Crippen LogP contribution in [0.1, 0.15) is 19.4 Å². The van der Waals surface area contributed by atoms with Crippen molar-refractivity contribution in [1.29, 1.82) is 0 Å². The number of quaternary nitrogens is 1. The molecule has 0 bridgehead atoms. The van der Waals surface area contributed by atoms with E-state index in [2.05, 4.69) is 0 Å². The number of amides is 1. The highest BCUT2D eigenvalue weighted by molar-refractivity contribution is 5.86. The van der Waals surface area contributed by atoms with Crippen LogP contribution in [0, 0.1) is 0 Å².